The van der Waals surface area contributed by atoms with Crippen molar-refractivity contribution < 1.29 is 28.7 Å². The van der Waals surface area contributed by atoms with Crippen molar-refractivity contribution in [3.05, 3.63) is 35.6 Å². The van der Waals surface area contributed by atoms with Gasteiger partial charge in [0.1, 0.15) is 11.4 Å². The van der Waals surface area contributed by atoms with Crippen LogP contribution >= 0.6 is 11.3 Å². The van der Waals surface area contributed by atoms with Crippen molar-refractivity contribution >= 4 is 40.2 Å². The van der Waals surface area contributed by atoms with Gasteiger partial charge in [0.2, 0.25) is 5.91 Å². The maximum absolute atomic E-state index is 12.5. The largest absolute Gasteiger partial charge is 0.464 e. The molecule has 2 fully saturated rings. The number of thiazole rings is 1. The van der Waals surface area contributed by atoms with E-state index in [4.69, 9.17) is 4.74 Å². The van der Waals surface area contributed by atoms with E-state index in [1.807, 2.05) is 0 Å². The van der Waals surface area contributed by atoms with Gasteiger partial charge in [-0.05, 0) is 31.6 Å². The fourth-order valence-corrected chi connectivity index (χ4v) is 4.73. The zero-order chi connectivity index (χ0) is 25.4. The summed E-state index contributed by atoms with van der Waals surface area (Å²) in [6.07, 6.45) is 4.01. The maximum atomic E-state index is 12.5. The third-order valence-electron chi connectivity index (χ3n) is 5.90. The molecule has 0 aromatic carbocycles. The molecule has 0 radical (unpaired) electrons. The van der Waals surface area contributed by atoms with E-state index < -0.39 is 17.8 Å². The molecule has 0 unspecified atom stereocenters. The lowest BCUT2D eigenvalue weighted by atomic mass is 9.95. The first-order valence-corrected chi connectivity index (χ1v) is 12.3. The quantitative estimate of drug-likeness (QED) is 0.335. The minimum absolute atomic E-state index is 0.1000. The van der Waals surface area contributed by atoms with Crippen LogP contribution in [0.25, 0.3) is 0 Å². The number of nitrogens with zero attached hydrogens (tertiary/aromatic N) is 2. The van der Waals surface area contributed by atoms with Gasteiger partial charge in [0.05, 0.1) is 12.8 Å². The molecule has 0 aliphatic carbocycles. The normalized spacial score (nSPS) is 16.8. The second-order valence-electron chi connectivity index (χ2n) is 8.46. The van der Waals surface area contributed by atoms with E-state index in [2.05, 4.69) is 43.7 Å². The van der Waals surface area contributed by atoms with Gasteiger partial charge in [0, 0.05) is 44.1 Å². The van der Waals surface area contributed by atoms with Crippen LogP contribution in [0.4, 0.5) is 5.13 Å². The van der Waals surface area contributed by atoms with E-state index in [1.54, 1.807) is 5.38 Å². The van der Waals surface area contributed by atoms with Crippen molar-refractivity contribution in [2.24, 2.45) is 5.92 Å². The zero-order valence-corrected chi connectivity index (χ0v) is 20.6. The van der Waals surface area contributed by atoms with Gasteiger partial charge in [0.25, 0.3) is 11.8 Å². The summed E-state index contributed by atoms with van der Waals surface area (Å²) >= 11 is 1.33. The first-order chi connectivity index (χ1) is 16.8. The topological polar surface area (TPSA) is 139 Å². The highest BCUT2D eigenvalue weighted by atomic mass is 32.1. The van der Waals surface area contributed by atoms with E-state index >= 15 is 0 Å². The fraction of sp³-hybridized carbons (Fsp3) is 0.522. The number of nitrogens with one attached hydrogen (secondary N) is 3. The van der Waals surface area contributed by atoms with Crippen molar-refractivity contribution in [1.29, 1.82) is 0 Å². The molecule has 3 amide bonds. The van der Waals surface area contributed by atoms with Crippen LogP contribution in [0.2, 0.25) is 0 Å². The minimum Gasteiger partial charge on any atom is -0.464 e. The Hall–Kier alpha value is -3.25. The monoisotopic (exact) mass is 505 g/mol. The van der Waals surface area contributed by atoms with Crippen molar-refractivity contribution in [1.82, 2.24) is 20.9 Å². The molecule has 3 rings (SSSR count). The Labute approximate surface area is 207 Å². The van der Waals surface area contributed by atoms with Gasteiger partial charge >= 0.3 is 5.97 Å². The summed E-state index contributed by atoms with van der Waals surface area (Å²) in [5.41, 5.74) is -0.378. The van der Waals surface area contributed by atoms with Crippen LogP contribution in [-0.2, 0) is 23.9 Å². The fourth-order valence-electron chi connectivity index (χ4n) is 3.87. The predicted molar refractivity (Wildman–Crippen MR) is 130 cm³/mol. The van der Waals surface area contributed by atoms with E-state index in [9.17, 15) is 19.2 Å². The van der Waals surface area contributed by atoms with E-state index in [-0.39, 0.29) is 29.0 Å². The number of hydrogen-bond donors (Lipinski definition) is 3. The number of methoxy groups -OCH3 is 1. The number of esters is 1. The van der Waals surface area contributed by atoms with Crippen molar-refractivity contribution in [3.8, 4) is 0 Å². The molecule has 0 atom stereocenters. The Kier molecular flexibility index (Phi) is 9.38. The Morgan fingerprint density at radius 3 is 2.46 bits per heavy atom. The van der Waals surface area contributed by atoms with Crippen molar-refractivity contribution in [2.45, 2.75) is 38.1 Å². The third-order valence-corrected chi connectivity index (χ3v) is 6.81. The van der Waals surface area contributed by atoms with Gasteiger partial charge in [-0.25, -0.2) is 9.78 Å². The van der Waals surface area contributed by atoms with E-state index in [0.29, 0.717) is 30.6 Å². The molecule has 11 nitrogen and oxygen atoms in total. The average molecular weight is 506 g/mol. The van der Waals surface area contributed by atoms with Crippen molar-refractivity contribution in [2.75, 3.05) is 38.3 Å². The molecular weight excluding hydrogens is 474 g/mol. The van der Waals surface area contributed by atoms with Crippen LogP contribution in [0.15, 0.2) is 29.9 Å². The molecule has 12 heteroatoms. The number of carbonyl (C=O) groups is 4. The summed E-state index contributed by atoms with van der Waals surface area (Å²) in [4.78, 5) is 54.7. The van der Waals surface area contributed by atoms with Crippen LogP contribution in [0.1, 0.15) is 42.6 Å². The number of piperidine rings is 1. The van der Waals surface area contributed by atoms with Gasteiger partial charge < -0.3 is 30.3 Å². The molecule has 3 N–H and O–H groups in total. The van der Waals surface area contributed by atoms with E-state index in [1.165, 1.54) is 11.3 Å². The number of hydrogen-bond acceptors (Lipinski definition) is 9. The molecule has 2 saturated heterocycles. The molecule has 0 saturated carbocycles. The lowest BCUT2D eigenvalue weighted by Crippen LogP contribution is -2.45. The predicted octanol–water partition coefficient (Wildman–Crippen LogP) is 1.09. The second-order valence-corrected chi connectivity index (χ2v) is 9.30. The lowest BCUT2D eigenvalue weighted by molar-refractivity contribution is -0.137. The molecule has 2 aliphatic heterocycles. The van der Waals surface area contributed by atoms with Crippen LogP contribution in [-0.4, -0.2) is 68.1 Å². The Morgan fingerprint density at radius 1 is 1.11 bits per heavy atom. The number of rotatable bonds is 9. The molecule has 1 aromatic rings. The standard InChI is InChI=1S/C23H31N5O6S/c1-14(20(30)25-15(2)22(32)33-3)24-21(31)18-13-35-23(27-18)28-8-4-17(5-9-28)26-19(29)12-16-6-10-34-11-7-16/h13,16-17H,1-2,4-12H2,3H3,(H,24,31)(H,25,30)(H,26,29). The number of carbonyl (C=O) groups excluding carboxylic acids is 4. The first-order valence-electron chi connectivity index (χ1n) is 11.4. The summed E-state index contributed by atoms with van der Waals surface area (Å²) in [7, 11) is 1.16. The number of amides is 3. The van der Waals surface area contributed by atoms with Crippen molar-refractivity contribution in [3.63, 3.8) is 0 Å². The summed E-state index contributed by atoms with van der Waals surface area (Å²) < 4.78 is 9.80. The van der Waals surface area contributed by atoms with E-state index in [0.717, 1.165) is 46.0 Å². The summed E-state index contributed by atoms with van der Waals surface area (Å²) in [6.45, 7) is 9.78. The maximum Gasteiger partial charge on any atom is 0.353 e. The van der Waals surface area contributed by atoms with Gasteiger partial charge in [-0.3, -0.25) is 14.4 Å². The zero-order valence-electron chi connectivity index (χ0n) is 19.8. The van der Waals surface area contributed by atoms with Crippen LogP contribution in [0.5, 0.6) is 0 Å². The van der Waals surface area contributed by atoms with Crippen LogP contribution in [0, 0.1) is 5.92 Å². The molecule has 0 spiro atoms. The third kappa shape index (κ3) is 7.62. The van der Waals surface area contributed by atoms with Gasteiger partial charge in [-0.2, -0.15) is 0 Å². The number of aromatic nitrogens is 1. The van der Waals surface area contributed by atoms with Crippen LogP contribution in [0.3, 0.4) is 0 Å². The number of anilines is 1. The van der Waals surface area contributed by atoms with Crippen LogP contribution < -0.4 is 20.9 Å². The Bertz CT molecular complexity index is 979. The molecule has 1 aromatic heterocycles. The molecule has 2 aliphatic rings. The summed E-state index contributed by atoms with van der Waals surface area (Å²) in [5.74, 6) is -1.68. The second kappa shape index (κ2) is 12.5. The molecule has 3 heterocycles. The van der Waals surface area contributed by atoms with Gasteiger partial charge in [0.15, 0.2) is 5.13 Å². The highest BCUT2D eigenvalue weighted by Crippen LogP contribution is 2.25. The smallest absolute Gasteiger partial charge is 0.353 e. The molecule has 190 valence electrons. The first kappa shape index (κ1) is 26.4. The van der Waals surface area contributed by atoms with Gasteiger partial charge in [-0.1, -0.05) is 13.2 Å². The summed E-state index contributed by atoms with van der Waals surface area (Å²) in [6, 6.07) is 0.128. The molecule has 35 heavy (non-hydrogen) atoms. The molecule has 0 bridgehead atoms. The number of ether oxygens (including phenoxy) is 2. The molecular formula is C23H31N5O6S. The Balaban J connectivity index is 1.43. The highest BCUT2D eigenvalue weighted by Gasteiger charge is 2.25. The average Bonchev–Trinajstić information content (AvgIpc) is 3.35. The van der Waals surface area contributed by atoms with Gasteiger partial charge in [-0.15, -0.1) is 11.3 Å². The Morgan fingerprint density at radius 2 is 1.80 bits per heavy atom. The minimum atomic E-state index is -0.802. The highest BCUT2D eigenvalue weighted by molar-refractivity contribution is 7.13. The summed E-state index contributed by atoms with van der Waals surface area (Å²) in [5, 5.41) is 10.0. The lowest BCUT2D eigenvalue weighted by Gasteiger charge is -2.32. The SMILES string of the molecule is C=C(NC(=O)c1csc(N2CCC(NC(=O)CC3CCOCC3)CC2)n1)C(=O)NC(=C)C(=O)OC.